The summed E-state index contributed by atoms with van der Waals surface area (Å²) >= 11 is 0. The SMILES string of the molecule is OCCN1CCCN(Cc2ccc3ccccc3n2)CC1. The van der Waals surface area contributed by atoms with Gasteiger partial charge in [0.25, 0.3) is 0 Å². The number of nitrogens with zero attached hydrogens (tertiary/aromatic N) is 3. The summed E-state index contributed by atoms with van der Waals surface area (Å²) in [6.45, 7) is 6.24. The molecule has 21 heavy (non-hydrogen) atoms. The molecule has 3 rings (SSSR count). The van der Waals surface area contributed by atoms with Crippen LogP contribution in [-0.2, 0) is 6.54 Å². The average Bonchev–Trinajstić information content (AvgIpc) is 2.73. The molecule has 0 saturated carbocycles. The van der Waals surface area contributed by atoms with Gasteiger partial charge in [0.2, 0.25) is 0 Å². The average molecular weight is 285 g/mol. The summed E-state index contributed by atoms with van der Waals surface area (Å²) in [4.78, 5) is 9.57. The van der Waals surface area contributed by atoms with Crippen LogP contribution in [0.4, 0.5) is 0 Å². The number of aliphatic hydroxyl groups excluding tert-OH is 1. The second kappa shape index (κ2) is 6.98. The maximum atomic E-state index is 9.05. The van der Waals surface area contributed by atoms with E-state index in [2.05, 4.69) is 34.1 Å². The first kappa shape index (κ1) is 14.4. The minimum atomic E-state index is 0.256. The summed E-state index contributed by atoms with van der Waals surface area (Å²) in [5, 5.41) is 10.2. The highest BCUT2D eigenvalue weighted by molar-refractivity contribution is 5.78. The predicted octanol–water partition coefficient (Wildman–Crippen LogP) is 1.73. The molecule has 1 saturated heterocycles. The predicted molar refractivity (Wildman–Crippen MR) is 85.2 cm³/mol. The van der Waals surface area contributed by atoms with Crippen LogP contribution in [0.25, 0.3) is 10.9 Å². The Kier molecular flexibility index (Phi) is 4.80. The summed E-state index contributed by atoms with van der Waals surface area (Å²) in [6.07, 6.45) is 1.16. The molecule has 0 amide bonds. The molecule has 0 unspecified atom stereocenters. The molecule has 1 N–H and O–H groups in total. The lowest BCUT2D eigenvalue weighted by Crippen LogP contribution is -2.32. The van der Waals surface area contributed by atoms with Gasteiger partial charge in [-0.3, -0.25) is 14.8 Å². The molecule has 2 heterocycles. The van der Waals surface area contributed by atoms with Crippen LogP contribution in [0.15, 0.2) is 36.4 Å². The Morgan fingerprint density at radius 1 is 0.952 bits per heavy atom. The smallest absolute Gasteiger partial charge is 0.0705 e. The van der Waals surface area contributed by atoms with Crippen LogP contribution in [0, 0.1) is 0 Å². The van der Waals surface area contributed by atoms with E-state index in [1.165, 1.54) is 5.39 Å². The molecular formula is C17H23N3O. The molecule has 4 heteroatoms. The van der Waals surface area contributed by atoms with Crippen LogP contribution in [-0.4, -0.2) is 59.2 Å². The number of aromatic nitrogens is 1. The van der Waals surface area contributed by atoms with Crippen molar-refractivity contribution in [2.24, 2.45) is 0 Å². The van der Waals surface area contributed by atoms with Gasteiger partial charge in [-0.25, -0.2) is 0 Å². The van der Waals surface area contributed by atoms with Crippen LogP contribution in [0.2, 0.25) is 0 Å². The fraction of sp³-hybridized carbons (Fsp3) is 0.471. The van der Waals surface area contributed by atoms with Crippen LogP contribution >= 0.6 is 0 Å². The number of fused-ring (bicyclic) bond motifs is 1. The Morgan fingerprint density at radius 3 is 2.67 bits per heavy atom. The van der Waals surface area contributed by atoms with Gasteiger partial charge in [0.15, 0.2) is 0 Å². The second-order valence-corrected chi connectivity index (χ2v) is 5.69. The molecule has 1 fully saturated rings. The minimum Gasteiger partial charge on any atom is -0.395 e. The molecule has 0 bridgehead atoms. The van der Waals surface area contributed by atoms with E-state index >= 15 is 0 Å². The zero-order valence-electron chi connectivity index (χ0n) is 12.4. The highest BCUT2D eigenvalue weighted by Crippen LogP contribution is 2.14. The van der Waals surface area contributed by atoms with E-state index in [-0.39, 0.29) is 6.61 Å². The number of benzene rings is 1. The number of β-amino-alcohol motifs (C(OH)–C–C–N with tert-alkyl or cyclic N) is 1. The van der Waals surface area contributed by atoms with E-state index in [0.29, 0.717) is 0 Å². The molecule has 112 valence electrons. The van der Waals surface area contributed by atoms with E-state index < -0.39 is 0 Å². The minimum absolute atomic E-state index is 0.256. The molecule has 0 aliphatic carbocycles. The van der Waals surface area contributed by atoms with Crippen molar-refractivity contribution >= 4 is 10.9 Å². The summed E-state index contributed by atoms with van der Waals surface area (Å²) < 4.78 is 0. The summed E-state index contributed by atoms with van der Waals surface area (Å²) in [5.41, 5.74) is 2.22. The number of aliphatic hydroxyl groups is 1. The third-order valence-corrected chi connectivity index (χ3v) is 4.14. The molecular weight excluding hydrogens is 262 g/mol. The molecule has 1 aliphatic rings. The largest absolute Gasteiger partial charge is 0.395 e. The molecule has 0 atom stereocenters. The summed E-state index contributed by atoms with van der Waals surface area (Å²) in [5.74, 6) is 0. The third kappa shape index (κ3) is 3.79. The monoisotopic (exact) mass is 285 g/mol. The van der Waals surface area contributed by atoms with E-state index in [1.54, 1.807) is 0 Å². The number of rotatable bonds is 4. The Balaban J connectivity index is 1.64. The third-order valence-electron chi connectivity index (χ3n) is 4.14. The standard InChI is InChI=1S/C17H23N3O/c21-13-12-19-8-3-9-20(11-10-19)14-16-7-6-15-4-1-2-5-17(15)18-16/h1-2,4-7,21H,3,8-14H2. The first-order valence-electron chi connectivity index (χ1n) is 7.75. The molecule has 0 spiro atoms. The number of para-hydroxylation sites is 1. The quantitative estimate of drug-likeness (QED) is 0.929. The van der Waals surface area contributed by atoms with Gasteiger partial charge in [-0.1, -0.05) is 24.3 Å². The van der Waals surface area contributed by atoms with Gasteiger partial charge in [0.05, 0.1) is 17.8 Å². The fourth-order valence-corrected chi connectivity index (χ4v) is 2.97. The molecule has 1 aromatic heterocycles. The Labute approximate surface area is 126 Å². The molecule has 1 aliphatic heterocycles. The van der Waals surface area contributed by atoms with Gasteiger partial charge in [0, 0.05) is 31.6 Å². The molecule has 1 aromatic carbocycles. The lowest BCUT2D eigenvalue weighted by atomic mass is 10.2. The van der Waals surface area contributed by atoms with Crippen molar-refractivity contribution in [3.8, 4) is 0 Å². The zero-order chi connectivity index (χ0) is 14.5. The van der Waals surface area contributed by atoms with E-state index in [9.17, 15) is 0 Å². The van der Waals surface area contributed by atoms with Crippen molar-refractivity contribution in [1.29, 1.82) is 0 Å². The number of hydrogen-bond acceptors (Lipinski definition) is 4. The lowest BCUT2D eigenvalue weighted by Gasteiger charge is -2.21. The first-order chi connectivity index (χ1) is 10.3. The lowest BCUT2D eigenvalue weighted by molar-refractivity contribution is 0.195. The maximum Gasteiger partial charge on any atom is 0.0705 e. The van der Waals surface area contributed by atoms with Gasteiger partial charge in [0.1, 0.15) is 0 Å². The second-order valence-electron chi connectivity index (χ2n) is 5.69. The van der Waals surface area contributed by atoms with Crippen LogP contribution in [0.1, 0.15) is 12.1 Å². The Morgan fingerprint density at radius 2 is 1.76 bits per heavy atom. The number of pyridine rings is 1. The van der Waals surface area contributed by atoms with Crippen molar-refractivity contribution < 1.29 is 5.11 Å². The normalized spacial score (nSPS) is 18.0. The van der Waals surface area contributed by atoms with Crippen LogP contribution in [0.5, 0.6) is 0 Å². The van der Waals surface area contributed by atoms with Gasteiger partial charge in [-0.15, -0.1) is 0 Å². The van der Waals surface area contributed by atoms with Gasteiger partial charge in [-0.2, -0.15) is 0 Å². The van der Waals surface area contributed by atoms with Gasteiger partial charge < -0.3 is 5.11 Å². The number of hydrogen-bond donors (Lipinski definition) is 1. The topological polar surface area (TPSA) is 39.6 Å². The first-order valence-corrected chi connectivity index (χ1v) is 7.75. The molecule has 2 aromatic rings. The van der Waals surface area contributed by atoms with Crippen molar-refractivity contribution in [3.05, 3.63) is 42.1 Å². The van der Waals surface area contributed by atoms with Crippen LogP contribution < -0.4 is 0 Å². The van der Waals surface area contributed by atoms with Crippen molar-refractivity contribution in [3.63, 3.8) is 0 Å². The Hall–Kier alpha value is -1.49. The summed E-state index contributed by atoms with van der Waals surface area (Å²) in [6, 6.07) is 12.6. The van der Waals surface area contributed by atoms with E-state index in [0.717, 1.165) is 56.9 Å². The van der Waals surface area contributed by atoms with Gasteiger partial charge in [-0.05, 0) is 31.6 Å². The molecule has 4 nitrogen and oxygen atoms in total. The molecule has 0 radical (unpaired) electrons. The maximum absolute atomic E-state index is 9.05. The van der Waals surface area contributed by atoms with Crippen molar-refractivity contribution in [2.45, 2.75) is 13.0 Å². The zero-order valence-corrected chi connectivity index (χ0v) is 12.4. The van der Waals surface area contributed by atoms with E-state index in [4.69, 9.17) is 10.1 Å². The van der Waals surface area contributed by atoms with Crippen molar-refractivity contribution in [1.82, 2.24) is 14.8 Å². The Bertz CT molecular complexity index is 587. The highest BCUT2D eigenvalue weighted by atomic mass is 16.3. The van der Waals surface area contributed by atoms with E-state index in [1.807, 2.05) is 12.1 Å². The van der Waals surface area contributed by atoms with Crippen LogP contribution in [0.3, 0.4) is 0 Å². The summed E-state index contributed by atoms with van der Waals surface area (Å²) in [7, 11) is 0. The van der Waals surface area contributed by atoms with Gasteiger partial charge >= 0.3 is 0 Å². The highest BCUT2D eigenvalue weighted by Gasteiger charge is 2.14. The van der Waals surface area contributed by atoms with Crippen molar-refractivity contribution in [2.75, 3.05) is 39.3 Å². The fourth-order valence-electron chi connectivity index (χ4n) is 2.97.